The van der Waals surface area contributed by atoms with Gasteiger partial charge in [0, 0.05) is 16.1 Å². The molecule has 0 fully saturated rings. The van der Waals surface area contributed by atoms with E-state index in [1.54, 1.807) is 10.6 Å². The lowest BCUT2D eigenvalue weighted by Crippen LogP contribution is -2.08. The Kier molecular flexibility index (Phi) is 3.63. The standard InChI is InChI=1S/C20H13ClN2O/c21-16-11-9-14(10-12-16)18-13-17-7-4-8-19(23(17)22-18)20(24)15-5-2-1-3-6-15/h1-13H. The van der Waals surface area contributed by atoms with E-state index in [0.29, 0.717) is 16.3 Å². The van der Waals surface area contributed by atoms with Crippen molar-refractivity contribution in [2.75, 3.05) is 0 Å². The van der Waals surface area contributed by atoms with E-state index in [-0.39, 0.29) is 5.78 Å². The molecule has 4 aromatic rings. The van der Waals surface area contributed by atoms with Crippen LogP contribution in [0.2, 0.25) is 5.02 Å². The number of rotatable bonds is 3. The summed E-state index contributed by atoms with van der Waals surface area (Å²) in [6, 6.07) is 24.3. The first kappa shape index (κ1) is 14.7. The lowest BCUT2D eigenvalue weighted by atomic mass is 10.1. The van der Waals surface area contributed by atoms with Crippen molar-refractivity contribution < 1.29 is 4.79 Å². The number of nitrogens with zero attached hydrogens (tertiary/aromatic N) is 2. The van der Waals surface area contributed by atoms with Crippen LogP contribution in [0.1, 0.15) is 16.1 Å². The zero-order valence-corrected chi connectivity index (χ0v) is 13.4. The van der Waals surface area contributed by atoms with Gasteiger partial charge in [-0.1, -0.05) is 60.1 Å². The monoisotopic (exact) mass is 332 g/mol. The van der Waals surface area contributed by atoms with Crippen LogP contribution in [0.15, 0.2) is 78.9 Å². The van der Waals surface area contributed by atoms with Crippen LogP contribution in [0.25, 0.3) is 16.8 Å². The molecule has 2 aromatic heterocycles. The summed E-state index contributed by atoms with van der Waals surface area (Å²) in [5, 5.41) is 5.29. The molecule has 0 aliphatic heterocycles. The first-order valence-electron chi connectivity index (χ1n) is 7.57. The van der Waals surface area contributed by atoms with Crippen LogP contribution in [0.4, 0.5) is 0 Å². The number of aromatic nitrogens is 2. The molecule has 0 saturated heterocycles. The van der Waals surface area contributed by atoms with Gasteiger partial charge in [0.05, 0.1) is 11.2 Å². The molecule has 4 rings (SSSR count). The Labute approximate surface area is 144 Å². The molecule has 0 atom stereocenters. The molecule has 0 aliphatic carbocycles. The molecule has 2 aromatic carbocycles. The molecule has 0 spiro atoms. The quantitative estimate of drug-likeness (QED) is 0.501. The Morgan fingerprint density at radius 2 is 1.62 bits per heavy atom. The second-order valence-electron chi connectivity index (χ2n) is 5.48. The van der Waals surface area contributed by atoms with Crippen molar-refractivity contribution in [3.63, 3.8) is 0 Å². The third-order valence-corrected chi connectivity index (χ3v) is 4.15. The summed E-state index contributed by atoms with van der Waals surface area (Å²) >= 11 is 5.94. The lowest BCUT2D eigenvalue weighted by molar-refractivity contribution is 0.103. The highest BCUT2D eigenvalue weighted by molar-refractivity contribution is 6.30. The number of benzene rings is 2. The number of hydrogen-bond donors (Lipinski definition) is 0. The van der Waals surface area contributed by atoms with Crippen molar-refractivity contribution in [3.8, 4) is 11.3 Å². The minimum Gasteiger partial charge on any atom is -0.287 e. The van der Waals surface area contributed by atoms with Crippen molar-refractivity contribution in [3.05, 3.63) is 95.1 Å². The fraction of sp³-hybridized carbons (Fsp3) is 0. The number of ketones is 1. The summed E-state index contributed by atoms with van der Waals surface area (Å²) < 4.78 is 1.69. The van der Waals surface area contributed by atoms with E-state index >= 15 is 0 Å². The van der Waals surface area contributed by atoms with Gasteiger partial charge < -0.3 is 0 Å². The van der Waals surface area contributed by atoms with Gasteiger partial charge in [0.15, 0.2) is 0 Å². The average Bonchev–Trinajstić information content (AvgIpc) is 3.06. The summed E-state index contributed by atoms with van der Waals surface area (Å²) in [6.07, 6.45) is 0. The van der Waals surface area contributed by atoms with E-state index in [9.17, 15) is 4.79 Å². The maximum Gasteiger partial charge on any atom is 0.211 e. The van der Waals surface area contributed by atoms with E-state index in [1.807, 2.05) is 72.8 Å². The number of halogens is 1. The predicted molar refractivity (Wildman–Crippen MR) is 95.5 cm³/mol. The van der Waals surface area contributed by atoms with E-state index in [2.05, 4.69) is 5.10 Å². The normalized spacial score (nSPS) is 10.9. The first-order chi connectivity index (χ1) is 11.7. The summed E-state index contributed by atoms with van der Waals surface area (Å²) in [7, 11) is 0. The van der Waals surface area contributed by atoms with Gasteiger partial charge in [-0.25, -0.2) is 4.52 Å². The average molecular weight is 333 g/mol. The minimum absolute atomic E-state index is 0.0491. The summed E-state index contributed by atoms with van der Waals surface area (Å²) in [4.78, 5) is 12.8. The van der Waals surface area contributed by atoms with Crippen LogP contribution in [0.5, 0.6) is 0 Å². The Morgan fingerprint density at radius 1 is 0.875 bits per heavy atom. The van der Waals surface area contributed by atoms with Gasteiger partial charge in [-0.05, 0) is 30.3 Å². The Hall–Kier alpha value is -2.91. The van der Waals surface area contributed by atoms with Crippen LogP contribution in [-0.2, 0) is 0 Å². The molecule has 0 amide bonds. The highest BCUT2D eigenvalue weighted by Crippen LogP contribution is 2.23. The smallest absolute Gasteiger partial charge is 0.211 e. The van der Waals surface area contributed by atoms with Crippen LogP contribution in [-0.4, -0.2) is 15.4 Å². The van der Waals surface area contributed by atoms with Gasteiger partial charge >= 0.3 is 0 Å². The molecule has 0 N–H and O–H groups in total. The molecule has 0 bridgehead atoms. The zero-order valence-electron chi connectivity index (χ0n) is 12.7. The molecular formula is C20H13ClN2O. The van der Waals surface area contributed by atoms with Crippen molar-refractivity contribution in [1.82, 2.24) is 9.61 Å². The van der Waals surface area contributed by atoms with E-state index in [0.717, 1.165) is 16.8 Å². The van der Waals surface area contributed by atoms with Crippen LogP contribution >= 0.6 is 11.6 Å². The van der Waals surface area contributed by atoms with Crippen LogP contribution in [0, 0.1) is 0 Å². The third kappa shape index (κ3) is 2.59. The SMILES string of the molecule is O=C(c1ccccc1)c1cccc2cc(-c3ccc(Cl)cc3)nn12. The number of carbonyl (C=O) groups is 1. The third-order valence-electron chi connectivity index (χ3n) is 3.89. The first-order valence-corrected chi connectivity index (χ1v) is 7.95. The fourth-order valence-corrected chi connectivity index (χ4v) is 2.81. The maximum absolute atomic E-state index is 12.8. The van der Waals surface area contributed by atoms with Crippen LogP contribution in [0.3, 0.4) is 0 Å². The molecule has 0 radical (unpaired) electrons. The second-order valence-corrected chi connectivity index (χ2v) is 5.92. The highest BCUT2D eigenvalue weighted by atomic mass is 35.5. The molecule has 24 heavy (non-hydrogen) atoms. The summed E-state index contributed by atoms with van der Waals surface area (Å²) in [5.74, 6) is -0.0491. The number of hydrogen-bond acceptors (Lipinski definition) is 2. The Bertz CT molecular complexity index is 1020. The molecule has 0 aliphatic rings. The molecular weight excluding hydrogens is 320 g/mol. The molecule has 0 saturated carbocycles. The predicted octanol–water partition coefficient (Wildman–Crippen LogP) is 4.89. The van der Waals surface area contributed by atoms with Gasteiger partial charge in [0.1, 0.15) is 5.69 Å². The Balaban J connectivity index is 1.83. The lowest BCUT2D eigenvalue weighted by Gasteiger charge is -2.04. The van der Waals surface area contributed by atoms with Gasteiger partial charge in [-0.3, -0.25) is 4.79 Å². The number of pyridine rings is 1. The molecule has 4 heteroatoms. The van der Waals surface area contributed by atoms with E-state index in [4.69, 9.17) is 11.6 Å². The van der Waals surface area contributed by atoms with Crippen molar-refractivity contribution in [2.45, 2.75) is 0 Å². The van der Waals surface area contributed by atoms with Gasteiger partial charge in [-0.2, -0.15) is 5.10 Å². The number of carbonyl (C=O) groups excluding carboxylic acids is 1. The second kappa shape index (κ2) is 5.95. The molecule has 3 nitrogen and oxygen atoms in total. The Morgan fingerprint density at radius 3 is 2.38 bits per heavy atom. The van der Waals surface area contributed by atoms with Crippen molar-refractivity contribution in [2.24, 2.45) is 0 Å². The number of fused-ring (bicyclic) bond motifs is 1. The fourth-order valence-electron chi connectivity index (χ4n) is 2.69. The largest absolute Gasteiger partial charge is 0.287 e. The topological polar surface area (TPSA) is 34.4 Å². The van der Waals surface area contributed by atoms with Crippen molar-refractivity contribution in [1.29, 1.82) is 0 Å². The zero-order chi connectivity index (χ0) is 16.5. The highest BCUT2D eigenvalue weighted by Gasteiger charge is 2.14. The summed E-state index contributed by atoms with van der Waals surface area (Å²) in [6.45, 7) is 0. The maximum atomic E-state index is 12.8. The van der Waals surface area contributed by atoms with Gasteiger partial charge in [0.25, 0.3) is 0 Å². The summed E-state index contributed by atoms with van der Waals surface area (Å²) in [5.41, 5.74) is 3.83. The van der Waals surface area contributed by atoms with E-state index < -0.39 is 0 Å². The molecule has 0 unspecified atom stereocenters. The van der Waals surface area contributed by atoms with E-state index in [1.165, 1.54) is 0 Å². The van der Waals surface area contributed by atoms with Crippen LogP contribution < -0.4 is 0 Å². The minimum atomic E-state index is -0.0491. The molecule has 116 valence electrons. The molecule has 2 heterocycles. The van der Waals surface area contributed by atoms with Gasteiger partial charge in [0.2, 0.25) is 5.78 Å². The van der Waals surface area contributed by atoms with Crippen molar-refractivity contribution >= 4 is 22.9 Å². The van der Waals surface area contributed by atoms with Gasteiger partial charge in [-0.15, -0.1) is 0 Å².